The molecule has 4 aromatic carbocycles. The third kappa shape index (κ3) is 20.1. The van der Waals surface area contributed by atoms with Crippen molar-refractivity contribution < 1.29 is 67.2 Å². The Morgan fingerprint density at radius 2 is 1.06 bits per heavy atom. The van der Waals surface area contributed by atoms with Crippen molar-refractivity contribution in [2.75, 3.05) is 13.1 Å². The Labute approximate surface area is 454 Å². The largest absolute Gasteiger partial charge is 0.479 e. The summed E-state index contributed by atoms with van der Waals surface area (Å²) < 4.78 is 33.4. The Kier molecular flexibility index (Phi) is 23.7. The first-order valence-corrected chi connectivity index (χ1v) is 24.3. The highest BCUT2D eigenvalue weighted by molar-refractivity contribution is 6.63. The molecule has 0 fully saturated rings. The molecule has 0 aliphatic rings. The Hall–Kier alpha value is -7.73. The minimum atomic E-state index is -1.76. The van der Waals surface area contributed by atoms with Crippen LogP contribution in [0.5, 0.6) is 0 Å². The van der Waals surface area contributed by atoms with Crippen LogP contribution in [0.15, 0.2) is 97.1 Å². The number of aliphatic hydroxyl groups excluding tert-OH is 1. The topological polar surface area (TPSA) is 294 Å². The number of H-pyrrole nitrogens is 2. The van der Waals surface area contributed by atoms with Crippen molar-refractivity contribution in [2.45, 2.75) is 72.8 Å². The van der Waals surface area contributed by atoms with Gasteiger partial charge in [0.15, 0.2) is 17.7 Å². The summed E-state index contributed by atoms with van der Waals surface area (Å²) in [5.74, 6) is -6.10. The molecule has 0 unspecified atom stereocenters. The van der Waals surface area contributed by atoms with Crippen molar-refractivity contribution in [1.29, 1.82) is 0 Å². The zero-order valence-corrected chi connectivity index (χ0v) is 44.2. The van der Waals surface area contributed by atoms with Crippen LogP contribution in [0.3, 0.4) is 0 Å². The van der Waals surface area contributed by atoms with E-state index >= 15 is 0 Å². The fourth-order valence-corrected chi connectivity index (χ4v) is 7.27. The summed E-state index contributed by atoms with van der Waals surface area (Å²) in [6.07, 6.45) is -2.87. The molecule has 7 N–H and O–H groups in total. The molecule has 0 bridgehead atoms. The molecule has 25 heteroatoms. The number of aromatic amines is 2. The number of amides is 2. The van der Waals surface area contributed by atoms with E-state index in [0.717, 1.165) is 0 Å². The van der Waals surface area contributed by atoms with Crippen molar-refractivity contribution >= 4 is 81.3 Å². The third-order valence-corrected chi connectivity index (χ3v) is 11.1. The summed E-state index contributed by atoms with van der Waals surface area (Å²) in [6.45, 7) is 7.27. The summed E-state index contributed by atoms with van der Waals surface area (Å²) in [5, 5.41) is 43.7. The molecule has 2 amide bonds. The number of aliphatic hydroxyl groups is 1. The van der Waals surface area contributed by atoms with Crippen molar-refractivity contribution in [3.63, 3.8) is 0 Å². The lowest BCUT2D eigenvalue weighted by molar-refractivity contribution is -0.165. The average Bonchev–Trinajstić information content (AvgIpc) is 4.08. The Bertz CT molecular complexity index is 3060. The van der Waals surface area contributed by atoms with Crippen LogP contribution in [0.25, 0.3) is 22.3 Å². The van der Waals surface area contributed by atoms with Gasteiger partial charge in [-0.1, -0.05) is 92.5 Å². The zero-order valence-electron chi connectivity index (χ0n) is 41.9. The van der Waals surface area contributed by atoms with Crippen LogP contribution in [0.2, 0.25) is 10.0 Å². The maximum atomic E-state index is 14.2. The molecule has 6 aromatic rings. The number of carbonyl (C=O) groups is 8. The molecule has 0 spiro atoms. The highest BCUT2D eigenvalue weighted by Gasteiger charge is 2.27. The molecular formula is C52H53Cl3F2N8O12. The van der Waals surface area contributed by atoms with E-state index in [9.17, 15) is 57.4 Å². The minimum Gasteiger partial charge on any atom is -0.479 e. The Morgan fingerprint density at radius 1 is 0.649 bits per heavy atom. The van der Waals surface area contributed by atoms with Gasteiger partial charge in [-0.05, 0) is 88.3 Å². The van der Waals surface area contributed by atoms with Gasteiger partial charge in [0.2, 0.25) is 11.3 Å². The maximum Gasteiger partial charge on any atom is 0.346 e. The van der Waals surface area contributed by atoms with Crippen LogP contribution in [0.4, 0.5) is 8.78 Å². The van der Waals surface area contributed by atoms with Gasteiger partial charge < -0.3 is 20.1 Å². The lowest BCUT2D eigenvalue weighted by Crippen LogP contribution is -2.48. The van der Waals surface area contributed by atoms with Gasteiger partial charge in [0.05, 0.1) is 13.1 Å². The van der Waals surface area contributed by atoms with E-state index in [-0.39, 0.29) is 65.6 Å². The van der Waals surface area contributed by atoms with Crippen molar-refractivity contribution in [2.24, 2.45) is 5.92 Å². The summed E-state index contributed by atoms with van der Waals surface area (Å²) in [7, 11) is 0. The molecule has 0 saturated heterocycles. The molecule has 0 radical (unpaired) electrons. The molecule has 77 heavy (non-hydrogen) atoms. The number of nitrogens with zero attached hydrogens (tertiary/aromatic N) is 4. The average molecular weight is 1130 g/mol. The first-order valence-electron chi connectivity index (χ1n) is 23.2. The van der Waals surface area contributed by atoms with Gasteiger partial charge in [0, 0.05) is 61.0 Å². The van der Waals surface area contributed by atoms with E-state index in [0.29, 0.717) is 55.8 Å². The lowest BCUT2D eigenvalue weighted by Gasteiger charge is -2.26. The van der Waals surface area contributed by atoms with Gasteiger partial charge in [-0.3, -0.25) is 49.8 Å². The number of nitrogens with one attached hydrogen (secondary N) is 4. The molecule has 0 saturated carbocycles. The third-order valence-electron chi connectivity index (χ3n) is 10.5. The van der Waals surface area contributed by atoms with Crippen LogP contribution in [-0.4, -0.2) is 118 Å². The van der Waals surface area contributed by atoms with Crippen molar-refractivity contribution in [3.05, 3.63) is 153 Å². The number of hydrogen-bond acceptors (Lipinski definition) is 14. The smallest absolute Gasteiger partial charge is 0.346 e. The number of aromatic nitrogens is 4. The molecule has 2 aromatic heterocycles. The number of esters is 1. The maximum absolute atomic E-state index is 14.2. The summed E-state index contributed by atoms with van der Waals surface area (Å²) in [4.78, 5) is 92.7. The second-order valence-electron chi connectivity index (χ2n) is 17.2. The predicted octanol–water partition coefficient (Wildman–Crippen LogP) is 8.09. The zero-order chi connectivity index (χ0) is 57.1. The van der Waals surface area contributed by atoms with Crippen LogP contribution < -0.4 is 10.9 Å². The first kappa shape index (κ1) is 61.8. The number of carbonyl (C=O) groups excluding carboxylic acids is 6. The normalized spacial score (nSPS) is 11.6. The number of ketones is 2. The molecule has 6 rings (SSSR count). The van der Waals surface area contributed by atoms with Gasteiger partial charge in [0.25, 0.3) is 11.8 Å². The quantitative estimate of drug-likeness (QED) is 0.0146. The van der Waals surface area contributed by atoms with E-state index in [4.69, 9.17) is 44.6 Å². The molecule has 0 aliphatic carbocycles. The second-order valence-corrected chi connectivity index (χ2v) is 18.5. The summed E-state index contributed by atoms with van der Waals surface area (Å²) in [6, 6.07) is 24.3. The standard InChI is InChI=1S/C25H24ClFN4O6.C22H20ClFN4O5.C5H9ClO/c1-3-23(33)37-22(25(35)36)13-31(30-24(34)21-11-20(14(2)32)28-29-21)12-15-4-6-16(7-5-15)18-10-17(26)8-9-19(18)27;1-12(29)18-9-19(26-25-18)21(31)27-28(11-20(30)22(32)33)10-13-2-4-14(5-3-13)16-8-15(23)6-7-17(16)24;1-4(2)3-5(6)7/h4-11,22H,3,12-13H2,1-2H3,(H,28,29)(H,30,34)(H,35,36);2-9,20,30H,10-11H2,1H3,(H,25,26)(H,27,31)(H,32,33);4H,3H2,1-2H3/t22-;20-;/m11./s1. The van der Waals surface area contributed by atoms with Crippen molar-refractivity contribution in [3.8, 4) is 22.3 Å². The predicted molar refractivity (Wildman–Crippen MR) is 278 cm³/mol. The number of aliphatic carboxylic acids is 2. The summed E-state index contributed by atoms with van der Waals surface area (Å²) in [5.41, 5.74) is 8.18. The summed E-state index contributed by atoms with van der Waals surface area (Å²) >= 11 is 17.0. The van der Waals surface area contributed by atoms with E-state index < -0.39 is 60.1 Å². The van der Waals surface area contributed by atoms with Gasteiger partial charge in [-0.2, -0.15) is 10.2 Å². The van der Waals surface area contributed by atoms with Gasteiger partial charge in [-0.25, -0.2) is 28.4 Å². The minimum absolute atomic E-state index is 0.00516. The fourth-order valence-electron chi connectivity index (χ4n) is 6.62. The van der Waals surface area contributed by atoms with E-state index in [1.165, 1.54) is 79.3 Å². The molecule has 408 valence electrons. The second kappa shape index (κ2) is 29.5. The number of halogens is 5. The SMILES string of the molecule is CC(=O)c1cc(C(=O)NN(Cc2ccc(-c3cc(Cl)ccc3F)cc2)C[C@@H](O)C(=O)O)[nH]n1.CC(C)CC(=O)Cl.CCC(=O)O[C@H](CN(Cc1ccc(-c2cc(Cl)ccc2F)cc1)NC(=O)c1cc(C(C)=O)n[nH]1)C(=O)O. The first-order chi connectivity index (χ1) is 36.3. The number of ether oxygens (including phenoxy) is 1. The van der Waals surface area contributed by atoms with E-state index in [2.05, 4.69) is 31.2 Å². The van der Waals surface area contributed by atoms with E-state index in [1.54, 1.807) is 48.5 Å². The number of hydrazine groups is 2. The van der Waals surface area contributed by atoms with Crippen LogP contribution >= 0.6 is 34.8 Å². The lowest BCUT2D eigenvalue weighted by atomic mass is 10.0. The van der Waals surface area contributed by atoms with Gasteiger partial charge in [0.1, 0.15) is 34.4 Å². The Morgan fingerprint density at radius 3 is 1.39 bits per heavy atom. The monoisotopic (exact) mass is 1120 g/mol. The molecule has 2 heterocycles. The number of hydrogen-bond donors (Lipinski definition) is 7. The Balaban J connectivity index is 0.000000297. The van der Waals surface area contributed by atoms with Crippen LogP contribution in [0.1, 0.15) is 101 Å². The molecular weight excluding hydrogens is 1070 g/mol. The number of carboxylic acid groups (broad SMARTS) is 2. The van der Waals surface area contributed by atoms with Crippen molar-refractivity contribution in [1.82, 2.24) is 41.3 Å². The van der Waals surface area contributed by atoms with Crippen LogP contribution in [-0.2, 0) is 37.0 Å². The number of rotatable bonds is 22. The molecule has 20 nitrogen and oxygen atoms in total. The van der Waals surface area contributed by atoms with Gasteiger partial charge >= 0.3 is 17.9 Å². The van der Waals surface area contributed by atoms with Gasteiger partial charge in [-0.15, -0.1) is 0 Å². The fraction of sp³-hybridized carbons (Fsp3) is 0.269. The highest BCUT2D eigenvalue weighted by atomic mass is 35.5. The molecule has 2 atom stereocenters. The van der Waals surface area contributed by atoms with Crippen LogP contribution in [0, 0.1) is 17.6 Å². The number of carboxylic acids is 2. The van der Waals surface area contributed by atoms with E-state index in [1.807, 2.05) is 13.8 Å². The number of Topliss-reactive ketones (excluding diaryl/α,β-unsaturated/α-hetero) is 2. The highest BCUT2D eigenvalue weighted by Crippen LogP contribution is 2.28. The molecule has 0 aliphatic heterocycles. The number of benzene rings is 4.